The monoisotopic (exact) mass is 361 g/mol. The second kappa shape index (κ2) is 6.38. The average Bonchev–Trinajstić information content (AvgIpc) is 3.09. The van der Waals surface area contributed by atoms with Gasteiger partial charge in [0.15, 0.2) is 6.04 Å². The zero-order valence-electron chi connectivity index (χ0n) is 14.4. The van der Waals surface area contributed by atoms with Gasteiger partial charge in [-0.2, -0.15) is 4.52 Å². The van der Waals surface area contributed by atoms with Crippen molar-refractivity contribution in [2.75, 3.05) is 13.1 Å². The number of likely N-dealkylation sites (tertiary alicyclic amines) is 1. The van der Waals surface area contributed by atoms with E-state index in [9.17, 15) is 9.50 Å². The maximum absolute atomic E-state index is 13.4. The number of piperidine rings is 1. The quantitative estimate of drug-likeness (QED) is 0.753. The minimum absolute atomic E-state index is 0.0260. The van der Waals surface area contributed by atoms with Crippen molar-refractivity contribution in [3.05, 3.63) is 46.3 Å². The van der Waals surface area contributed by atoms with Crippen LogP contribution in [0.1, 0.15) is 42.1 Å². The van der Waals surface area contributed by atoms with Gasteiger partial charge in [-0.3, -0.25) is 0 Å². The van der Waals surface area contributed by atoms with Gasteiger partial charge in [-0.15, -0.1) is 5.10 Å². The van der Waals surface area contributed by atoms with E-state index < -0.39 is 0 Å². The maximum Gasteiger partial charge on any atom is 0.235 e. The summed E-state index contributed by atoms with van der Waals surface area (Å²) in [6, 6.07) is 6.61. The van der Waals surface area contributed by atoms with Crippen LogP contribution in [0.25, 0.3) is 4.96 Å². The predicted molar refractivity (Wildman–Crippen MR) is 94.6 cm³/mol. The van der Waals surface area contributed by atoms with E-state index in [4.69, 9.17) is 0 Å². The molecule has 0 bridgehead atoms. The third-order valence-electron chi connectivity index (χ3n) is 5.10. The number of aromatic nitrogens is 3. The molecule has 0 radical (unpaired) electrons. The Kier molecular flexibility index (Phi) is 4.21. The molecule has 132 valence electrons. The highest BCUT2D eigenvalue weighted by molar-refractivity contribution is 7.17. The smallest absolute Gasteiger partial charge is 0.235 e. The van der Waals surface area contributed by atoms with Crippen molar-refractivity contribution in [2.45, 2.75) is 32.7 Å². The topological polar surface area (TPSA) is 54.9 Å². The average molecular weight is 361 g/mol. The number of fused-ring (bicyclic) bond motifs is 1. The lowest BCUT2D eigenvalue weighted by atomic mass is 9.95. The zero-order valence-corrected chi connectivity index (χ0v) is 15.2. The zero-order chi connectivity index (χ0) is 17.6. The highest BCUT2D eigenvalue weighted by atomic mass is 32.1. The molecule has 1 fully saturated rings. The molecule has 1 aromatic carbocycles. The number of hydrogen-bond acceptors (Lipinski definition) is 4. The molecule has 0 aliphatic carbocycles. The van der Waals surface area contributed by atoms with Crippen LogP contribution >= 0.6 is 11.3 Å². The number of nitrogens with one attached hydrogen (secondary N) is 1. The summed E-state index contributed by atoms with van der Waals surface area (Å²) >= 11 is 1.47. The van der Waals surface area contributed by atoms with Crippen molar-refractivity contribution < 1.29 is 14.4 Å². The second-order valence-electron chi connectivity index (χ2n) is 6.97. The molecule has 25 heavy (non-hydrogen) atoms. The Labute approximate surface area is 149 Å². The summed E-state index contributed by atoms with van der Waals surface area (Å²) in [5.74, 6) is 1.29. The number of rotatable bonds is 3. The van der Waals surface area contributed by atoms with E-state index in [0.29, 0.717) is 10.8 Å². The SMILES string of the molecule is Cc1nc2sc([C@H](c3ccc(F)cc3)[NH+]3CCC(C)CC3)c(O)n2n1. The van der Waals surface area contributed by atoms with Gasteiger partial charge in [-0.05, 0) is 49.9 Å². The summed E-state index contributed by atoms with van der Waals surface area (Å²) in [7, 11) is 0. The van der Waals surface area contributed by atoms with E-state index in [1.54, 1.807) is 0 Å². The Balaban J connectivity index is 1.79. The Morgan fingerprint density at radius 2 is 1.96 bits per heavy atom. The summed E-state index contributed by atoms with van der Waals surface area (Å²) in [6.07, 6.45) is 2.32. The molecule has 5 nitrogen and oxygen atoms in total. The molecule has 1 atom stereocenters. The van der Waals surface area contributed by atoms with Gasteiger partial charge < -0.3 is 10.0 Å². The van der Waals surface area contributed by atoms with Crippen LogP contribution in [0.15, 0.2) is 24.3 Å². The Bertz CT molecular complexity index is 881. The fourth-order valence-electron chi connectivity index (χ4n) is 3.69. The minimum atomic E-state index is -0.243. The van der Waals surface area contributed by atoms with Gasteiger partial charge in [0.1, 0.15) is 16.5 Å². The first-order chi connectivity index (χ1) is 12.0. The summed E-state index contributed by atoms with van der Waals surface area (Å²) in [6.45, 7) is 6.17. The number of thiazole rings is 1. The highest BCUT2D eigenvalue weighted by Crippen LogP contribution is 2.35. The van der Waals surface area contributed by atoms with Crippen LogP contribution in [0, 0.1) is 18.7 Å². The molecule has 0 unspecified atom stereocenters. The molecule has 3 heterocycles. The van der Waals surface area contributed by atoms with Crippen LogP contribution in [-0.2, 0) is 0 Å². The minimum Gasteiger partial charge on any atom is -0.492 e. The lowest BCUT2D eigenvalue weighted by Gasteiger charge is -2.33. The predicted octanol–water partition coefficient (Wildman–Crippen LogP) is 2.35. The molecule has 1 aliphatic heterocycles. The van der Waals surface area contributed by atoms with Crippen molar-refractivity contribution in [1.29, 1.82) is 0 Å². The van der Waals surface area contributed by atoms with Gasteiger partial charge in [0.2, 0.25) is 10.8 Å². The van der Waals surface area contributed by atoms with Crippen LogP contribution in [0.5, 0.6) is 5.88 Å². The van der Waals surface area contributed by atoms with Crippen molar-refractivity contribution in [1.82, 2.24) is 14.6 Å². The first kappa shape index (κ1) is 16.5. The Morgan fingerprint density at radius 3 is 2.60 bits per heavy atom. The van der Waals surface area contributed by atoms with E-state index in [0.717, 1.165) is 42.3 Å². The van der Waals surface area contributed by atoms with E-state index in [1.807, 2.05) is 19.1 Å². The summed E-state index contributed by atoms with van der Waals surface area (Å²) in [4.78, 5) is 7.34. The molecule has 2 N–H and O–H groups in total. The molecule has 3 aromatic rings. The molecule has 4 rings (SSSR count). The normalized spacial score (nSPS) is 22.4. The molecular formula is C18H22FN4OS+. The standard InChI is InChI=1S/C18H21FN4OS/c1-11-7-9-22(10-8-11)15(13-3-5-14(19)6-4-13)16-17(24)23-18(25-16)20-12(2)21-23/h3-6,11,15,24H,7-10H2,1-2H3/p+1/t15-/m0/s1. The Hall–Kier alpha value is -1.99. The number of hydrogen-bond donors (Lipinski definition) is 2. The molecule has 0 amide bonds. The van der Waals surface area contributed by atoms with Gasteiger partial charge in [-0.25, -0.2) is 9.37 Å². The van der Waals surface area contributed by atoms with E-state index in [2.05, 4.69) is 17.0 Å². The van der Waals surface area contributed by atoms with Crippen molar-refractivity contribution in [2.24, 2.45) is 5.92 Å². The van der Waals surface area contributed by atoms with Crippen LogP contribution in [0.2, 0.25) is 0 Å². The number of benzene rings is 1. The third-order valence-corrected chi connectivity index (χ3v) is 6.18. The van der Waals surface area contributed by atoms with Gasteiger partial charge in [0.05, 0.1) is 13.1 Å². The molecule has 1 saturated heterocycles. The lowest BCUT2D eigenvalue weighted by molar-refractivity contribution is -0.931. The second-order valence-corrected chi connectivity index (χ2v) is 7.98. The number of nitrogens with zero attached hydrogens (tertiary/aromatic N) is 3. The third kappa shape index (κ3) is 3.02. The van der Waals surface area contributed by atoms with Crippen molar-refractivity contribution in [3.8, 4) is 5.88 Å². The first-order valence-corrected chi connectivity index (χ1v) is 9.49. The fraction of sp³-hybridized carbons (Fsp3) is 0.444. The first-order valence-electron chi connectivity index (χ1n) is 8.68. The molecule has 2 aromatic heterocycles. The molecular weight excluding hydrogens is 339 g/mol. The van der Waals surface area contributed by atoms with Gasteiger partial charge in [0, 0.05) is 5.56 Å². The van der Waals surface area contributed by atoms with Crippen molar-refractivity contribution >= 4 is 16.3 Å². The highest BCUT2D eigenvalue weighted by Gasteiger charge is 2.34. The molecule has 1 aliphatic rings. The number of halogens is 1. The van der Waals surface area contributed by atoms with Crippen LogP contribution in [0.3, 0.4) is 0 Å². The summed E-state index contributed by atoms with van der Waals surface area (Å²) < 4.78 is 14.9. The molecule has 0 saturated carbocycles. The lowest BCUT2D eigenvalue weighted by Crippen LogP contribution is -3.13. The van der Waals surface area contributed by atoms with E-state index in [1.165, 1.54) is 32.9 Å². The largest absolute Gasteiger partial charge is 0.492 e. The maximum atomic E-state index is 13.4. The molecule has 7 heteroatoms. The van der Waals surface area contributed by atoms with E-state index in [-0.39, 0.29) is 17.7 Å². The van der Waals surface area contributed by atoms with Crippen molar-refractivity contribution in [3.63, 3.8) is 0 Å². The van der Waals surface area contributed by atoms with Crippen LogP contribution in [0.4, 0.5) is 4.39 Å². The number of aryl methyl sites for hydroxylation is 1. The van der Waals surface area contributed by atoms with Crippen LogP contribution < -0.4 is 4.90 Å². The Morgan fingerprint density at radius 1 is 1.28 bits per heavy atom. The van der Waals surface area contributed by atoms with Gasteiger partial charge in [0.25, 0.3) is 0 Å². The number of quaternary nitrogens is 1. The van der Waals surface area contributed by atoms with Gasteiger partial charge >= 0.3 is 0 Å². The summed E-state index contributed by atoms with van der Waals surface area (Å²) in [5, 5.41) is 15.0. The van der Waals surface area contributed by atoms with E-state index >= 15 is 0 Å². The molecule has 0 spiro atoms. The fourth-order valence-corrected chi connectivity index (χ4v) is 4.87. The number of aromatic hydroxyl groups is 1. The summed E-state index contributed by atoms with van der Waals surface area (Å²) in [5.41, 5.74) is 1.02. The van der Waals surface area contributed by atoms with Crippen LogP contribution in [-0.4, -0.2) is 32.8 Å². The van der Waals surface area contributed by atoms with Gasteiger partial charge in [-0.1, -0.05) is 18.3 Å².